The van der Waals surface area contributed by atoms with Gasteiger partial charge in [-0.05, 0) is 31.2 Å². The summed E-state index contributed by atoms with van der Waals surface area (Å²) in [7, 11) is 1.59. The Morgan fingerprint density at radius 2 is 2.00 bits per heavy atom. The third kappa shape index (κ3) is 4.38. The largest absolute Gasteiger partial charge is 0.497 e. The fourth-order valence-corrected chi connectivity index (χ4v) is 2.00. The number of carboxylic acid groups (broad SMARTS) is 1. The van der Waals surface area contributed by atoms with Gasteiger partial charge in [0.2, 0.25) is 0 Å². The van der Waals surface area contributed by atoms with Gasteiger partial charge in [0.05, 0.1) is 7.11 Å². The minimum absolute atomic E-state index is 0.112. The van der Waals surface area contributed by atoms with E-state index >= 15 is 0 Å². The van der Waals surface area contributed by atoms with Gasteiger partial charge in [-0.3, -0.25) is 4.79 Å². The maximum atomic E-state index is 10.7. The maximum Gasteiger partial charge on any atom is 0.316 e. The van der Waals surface area contributed by atoms with Crippen molar-refractivity contribution in [1.82, 2.24) is 10.2 Å². The average Bonchev–Trinajstić information content (AvgIpc) is 2.93. The van der Waals surface area contributed by atoms with Crippen molar-refractivity contribution >= 4 is 17.7 Å². The van der Waals surface area contributed by atoms with E-state index in [-0.39, 0.29) is 17.7 Å². The fourth-order valence-electron chi connectivity index (χ4n) is 1.36. The molecule has 1 aromatic heterocycles. The Labute approximate surface area is 125 Å². The summed E-state index contributed by atoms with van der Waals surface area (Å²) in [5.41, 5.74) is 0. The van der Waals surface area contributed by atoms with Gasteiger partial charge in [0.25, 0.3) is 11.1 Å². The molecule has 0 fully saturated rings. The van der Waals surface area contributed by atoms with Gasteiger partial charge in [-0.15, -0.1) is 10.2 Å². The quantitative estimate of drug-likeness (QED) is 0.778. The van der Waals surface area contributed by atoms with Crippen LogP contribution >= 0.6 is 11.8 Å². The van der Waals surface area contributed by atoms with E-state index in [9.17, 15) is 4.79 Å². The Bertz CT molecular complexity index is 599. The second kappa shape index (κ2) is 6.98. The number of benzene rings is 1. The summed E-state index contributed by atoms with van der Waals surface area (Å²) < 4.78 is 15.8. The zero-order valence-corrected chi connectivity index (χ0v) is 12.3. The number of carboxylic acids is 1. The molecule has 2 rings (SSSR count). The molecule has 0 aliphatic rings. The van der Waals surface area contributed by atoms with Crippen molar-refractivity contribution in [3.8, 4) is 11.5 Å². The van der Waals surface area contributed by atoms with Crippen LogP contribution in [-0.2, 0) is 11.4 Å². The molecular formula is C13H14N2O5S. The van der Waals surface area contributed by atoms with Crippen molar-refractivity contribution in [3.63, 3.8) is 0 Å². The van der Waals surface area contributed by atoms with Crippen LogP contribution in [0.2, 0.25) is 0 Å². The molecule has 0 unspecified atom stereocenters. The number of hydrogen-bond acceptors (Lipinski definition) is 7. The predicted octanol–water partition coefficient (Wildman–Crippen LogP) is 2.22. The van der Waals surface area contributed by atoms with Crippen LogP contribution in [0.25, 0.3) is 0 Å². The summed E-state index contributed by atoms with van der Waals surface area (Å²) in [6.45, 7) is 1.66. The number of ether oxygens (including phenoxy) is 2. The van der Waals surface area contributed by atoms with Crippen molar-refractivity contribution in [2.45, 2.75) is 24.0 Å². The molecule has 0 radical (unpaired) electrons. The Balaban J connectivity index is 1.88. The lowest BCUT2D eigenvalue weighted by atomic mass is 10.3. The molecule has 1 aromatic carbocycles. The van der Waals surface area contributed by atoms with E-state index in [4.69, 9.17) is 19.0 Å². The van der Waals surface area contributed by atoms with E-state index in [1.54, 1.807) is 38.3 Å². The molecule has 2 aromatic rings. The van der Waals surface area contributed by atoms with Crippen LogP contribution in [0.4, 0.5) is 0 Å². The van der Waals surface area contributed by atoms with E-state index in [0.29, 0.717) is 5.75 Å². The third-order valence-electron chi connectivity index (χ3n) is 2.50. The molecular weight excluding hydrogens is 296 g/mol. The van der Waals surface area contributed by atoms with Gasteiger partial charge >= 0.3 is 5.97 Å². The van der Waals surface area contributed by atoms with Crippen LogP contribution < -0.4 is 9.47 Å². The van der Waals surface area contributed by atoms with Gasteiger partial charge in [0.15, 0.2) is 6.61 Å². The number of carbonyl (C=O) groups is 1. The second-order valence-corrected chi connectivity index (χ2v) is 5.32. The second-order valence-electron chi connectivity index (χ2n) is 4.02. The standard InChI is InChI=1S/C13H14N2O5S/c1-8(12(16)17)21-13-15-14-11(20-13)7-19-10-5-3-9(18-2)4-6-10/h3-6,8H,7H2,1-2H3,(H,16,17)/t8-/m1/s1. The van der Waals surface area contributed by atoms with Gasteiger partial charge in [0, 0.05) is 0 Å². The summed E-state index contributed by atoms with van der Waals surface area (Å²) in [5, 5.41) is 15.9. The van der Waals surface area contributed by atoms with Crippen molar-refractivity contribution in [1.29, 1.82) is 0 Å². The number of rotatable bonds is 7. The topological polar surface area (TPSA) is 94.7 Å². The lowest BCUT2D eigenvalue weighted by molar-refractivity contribution is -0.136. The molecule has 0 aliphatic heterocycles. The van der Waals surface area contributed by atoms with Crippen LogP contribution in [-0.4, -0.2) is 33.6 Å². The van der Waals surface area contributed by atoms with Crippen molar-refractivity contribution in [2.75, 3.05) is 7.11 Å². The molecule has 7 nitrogen and oxygen atoms in total. The van der Waals surface area contributed by atoms with Gasteiger partial charge in [-0.2, -0.15) is 0 Å². The monoisotopic (exact) mass is 310 g/mol. The molecule has 1 atom stereocenters. The smallest absolute Gasteiger partial charge is 0.316 e. The summed E-state index contributed by atoms with van der Waals surface area (Å²) in [6.07, 6.45) is 0. The highest BCUT2D eigenvalue weighted by molar-refractivity contribution is 8.00. The molecule has 0 saturated heterocycles. The van der Waals surface area contributed by atoms with Gasteiger partial charge < -0.3 is 19.0 Å². The molecule has 1 N–H and O–H groups in total. The maximum absolute atomic E-state index is 10.7. The molecule has 8 heteroatoms. The molecule has 21 heavy (non-hydrogen) atoms. The first-order valence-corrected chi connectivity index (χ1v) is 6.95. The van der Waals surface area contributed by atoms with Crippen molar-refractivity contribution in [3.05, 3.63) is 30.2 Å². The number of nitrogens with zero attached hydrogens (tertiary/aromatic N) is 2. The highest BCUT2D eigenvalue weighted by atomic mass is 32.2. The lowest BCUT2D eigenvalue weighted by Gasteiger charge is -2.04. The summed E-state index contributed by atoms with van der Waals surface area (Å²) >= 11 is 0.987. The number of hydrogen-bond donors (Lipinski definition) is 1. The first-order valence-electron chi connectivity index (χ1n) is 6.07. The van der Waals surface area contributed by atoms with Crippen LogP contribution in [0, 0.1) is 0 Å². The first kappa shape index (κ1) is 15.2. The normalized spacial score (nSPS) is 11.9. The zero-order valence-electron chi connectivity index (χ0n) is 11.5. The molecule has 0 amide bonds. The number of aromatic nitrogens is 2. The average molecular weight is 310 g/mol. The van der Waals surface area contributed by atoms with Crippen molar-refractivity contribution in [2.24, 2.45) is 0 Å². The zero-order chi connectivity index (χ0) is 15.2. The summed E-state index contributed by atoms with van der Waals surface area (Å²) in [5.74, 6) is 0.726. The Hall–Kier alpha value is -2.22. The molecule has 1 heterocycles. The lowest BCUT2D eigenvalue weighted by Crippen LogP contribution is -2.10. The molecule has 0 spiro atoms. The highest BCUT2D eigenvalue weighted by Gasteiger charge is 2.17. The molecule has 0 aliphatic carbocycles. The molecule has 0 bridgehead atoms. The number of aliphatic carboxylic acids is 1. The van der Waals surface area contributed by atoms with E-state index in [1.165, 1.54) is 0 Å². The van der Waals surface area contributed by atoms with Crippen LogP contribution in [0.1, 0.15) is 12.8 Å². The number of thioether (sulfide) groups is 1. The minimum Gasteiger partial charge on any atom is -0.497 e. The minimum atomic E-state index is -0.936. The van der Waals surface area contributed by atoms with E-state index < -0.39 is 11.2 Å². The molecule has 112 valence electrons. The fraction of sp³-hybridized carbons (Fsp3) is 0.308. The summed E-state index contributed by atoms with van der Waals surface area (Å²) in [6, 6.07) is 7.08. The Morgan fingerprint density at radius 3 is 2.62 bits per heavy atom. The summed E-state index contributed by atoms with van der Waals surface area (Å²) in [4.78, 5) is 10.7. The van der Waals surface area contributed by atoms with Gasteiger partial charge in [-0.1, -0.05) is 11.8 Å². The van der Waals surface area contributed by atoms with Crippen LogP contribution in [0.15, 0.2) is 33.9 Å². The van der Waals surface area contributed by atoms with Crippen molar-refractivity contribution < 1.29 is 23.8 Å². The SMILES string of the molecule is COc1ccc(OCc2nnc(S[C@H](C)C(=O)O)o2)cc1. The first-order chi connectivity index (χ1) is 10.1. The van der Waals surface area contributed by atoms with E-state index in [1.807, 2.05) is 0 Å². The predicted molar refractivity (Wildman–Crippen MR) is 74.6 cm³/mol. The van der Waals surface area contributed by atoms with Gasteiger partial charge in [-0.25, -0.2) is 0 Å². The Kier molecular flexibility index (Phi) is 5.04. The van der Waals surface area contributed by atoms with Crippen LogP contribution in [0.5, 0.6) is 11.5 Å². The van der Waals surface area contributed by atoms with E-state index in [0.717, 1.165) is 17.5 Å². The van der Waals surface area contributed by atoms with Gasteiger partial charge in [0.1, 0.15) is 16.7 Å². The third-order valence-corrected chi connectivity index (χ3v) is 3.42. The van der Waals surface area contributed by atoms with Crippen LogP contribution in [0.3, 0.4) is 0 Å². The molecule has 0 saturated carbocycles. The number of methoxy groups -OCH3 is 1. The Morgan fingerprint density at radius 1 is 1.33 bits per heavy atom. The highest BCUT2D eigenvalue weighted by Crippen LogP contribution is 2.22. The van der Waals surface area contributed by atoms with E-state index in [2.05, 4.69) is 10.2 Å².